The number of hydrogen-bond acceptors (Lipinski definition) is 6. The summed E-state index contributed by atoms with van der Waals surface area (Å²) < 4.78 is 0. The first-order valence-corrected chi connectivity index (χ1v) is 3.16. The van der Waals surface area contributed by atoms with E-state index in [1.54, 1.807) is 24.4 Å². The Hall–Kier alpha value is -0.455. The maximum absolute atomic E-state index is 8.98. The molecule has 0 fully saturated rings. The van der Waals surface area contributed by atoms with Gasteiger partial charge in [-0.1, -0.05) is 6.07 Å². The second-order valence-electron chi connectivity index (χ2n) is 1.74. The zero-order chi connectivity index (χ0) is 10.1. The van der Waals surface area contributed by atoms with Gasteiger partial charge >= 0.3 is 36.9 Å². The first kappa shape index (κ1) is 16.0. The Morgan fingerprint density at radius 1 is 1.57 bits per heavy atom. The second-order valence-corrected chi connectivity index (χ2v) is 1.74. The molecule has 0 atom stereocenters. The van der Waals surface area contributed by atoms with Gasteiger partial charge in [-0.25, -0.2) is 4.98 Å². The van der Waals surface area contributed by atoms with E-state index in [1.165, 1.54) is 0 Å². The molecule has 0 aliphatic carbocycles. The fraction of sp³-hybridized carbons (Fsp3) is 0. The van der Waals surface area contributed by atoms with E-state index in [1.807, 2.05) is 6.07 Å². The van der Waals surface area contributed by atoms with Crippen molar-refractivity contribution >= 4 is 7.32 Å². The van der Waals surface area contributed by atoms with Crippen molar-refractivity contribution in [2.24, 2.45) is 0 Å². The Morgan fingerprint density at radius 3 is 2.36 bits per heavy atom. The van der Waals surface area contributed by atoms with Gasteiger partial charge in [-0.3, -0.25) is 10.1 Å². The van der Waals surface area contributed by atoms with E-state index in [9.17, 15) is 0 Å². The summed E-state index contributed by atoms with van der Waals surface area (Å²) in [6, 6.07) is 7.14. The molecular weight excluding hydrogens is 198 g/mol. The van der Waals surface area contributed by atoms with Crippen LogP contribution in [0.3, 0.4) is 0 Å². The van der Waals surface area contributed by atoms with Gasteiger partial charge in [0.15, 0.2) is 0 Å². The van der Waals surface area contributed by atoms with Crippen molar-refractivity contribution in [1.29, 1.82) is 5.26 Å². The molecule has 1 heterocycles. The van der Waals surface area contributed by atoms with Crippen LogP contribution in [0, 0.1) is 11.3 Å². The van der Waals surface area contributed by atoms with Gasteiger partial charge in [0.05, 0.1) is 0 Å². The minimum atomic E-state index is -2.31. The maximum Gasteiger partial charge on any atom is 1.00 e. The van der Waals surface area contributed by atoms with Gasteiger partial charge in [0.1, 0.15) is 11.8 Å². The molecule has 0 spiro atoms. The zero-order valence-electron chi connectivity index (χ0n) is 7.49. The molecule has 0 aromatic carbocycles. The van der Waals surface area contributed by atoms with Crippen LogP contribution in [0.4, 0.5) is 0 Å². The largest absolute Gasteiger partial charge is 1.00 e. The minimum absolute atomic E-state index is 0. The number of pyridine rings is 1. The summed E-state index contributed by atoms with van der Waals surface area (Å²) in [6.45, 7) is 0. The average molecular weight is 204 g/mol. The van der Waals surface area contributed by atoms with Crippen LogP contribution in [0.1, 0.15) is 5.69 Å². The topological polar surface area (TPSA) is 109 Å². The molecular formula is C6H6BN2NaO4. The van der Waals surface area contributed by atoms with Gasteiger partial charge < -0.3 is 10.0 Å². The van der Waals surface area contributed by atoms with E-state index in [-0.39, 0.29) is 29.6 Å². The summed E-state index contributed by atoms with van der Waals surface area (Å²) in [5, 5.41) is 31.6. The zero-order valence-corrected chi connectivity index (χ0v) is 9.49. The summed E-state index contributed by atoms with van der Waals surface area (Å²) in [4.78, 5) is 6.49. The molecule has 0 aliphatic heterocycles. The number of aromatic nitrogens is 1. The normalized spacial score (nSPS) is 7.29. The Balaban J connectivity index is 0. The van der Waals surface area contributed by atoms with Gasteiger partial charge in [0.25, 0.3) is 0 Å². The minimum Gasteiger partial charge on any atom is -0.830 e. The molecule has 0 bridgehead atoms. The SMILES string of the molecule is N#Cc1ccccn1.[Na+].[O-]B(O)OO. The van der Waals surface area contributed by atoms with Crippen molar-refractivity contribution in [2.45, 2.75) is 0 Å². The molecule has 0 amide bonds. The van der Waals surface area contributed by atoms with E-state index < -0.39 is 7.32 Å². The van der Waals surface area contributed by atoms with E-state index in [0.717, 1.165) is 0 Å². The van der Waals surface area contributed by atoms with Crippen molar-refractivity contribution in [1.82, 2.24) is 4.98 Å². The fourth-order valence-corrected chi connectivity index (χ4v) is 0.429. The predicted octanol–water partition coefficient (Wildman–Crippen LogP) is -4.23. The number of rotatable bonds is 1. The summed E-state index contributed by atoms with van der Waals surface area (Å²) in [6.07, 6.45) is 1.60. The third-order valence-electron chi connectivity index (χ3n) is 0.870. The third kappa shape index (κ3) is 9.63. The molecule has 1 aromatic heterocycles. The molecule has 14 heavy (non-hydrogen) atoms. The van der Waals surface area contributed by atoms with Crippen LogP contribution in [0.25, 0.3) is 0 Å². The van der Waals surface area contributed by atoms with Gasteiger partial charge in [-0.2, -0.15) is 5.26 Å². The molecule has 2 N–H and O–H groups in total. The summed E-state index contributed by atoms with van der Waals surface area (Å²) >= 11 is 0. The van der Waals surface area contributed by atoms with E-state index in [4.69, 9.17) is 20.6 Å². The van der Waals surface area contributed by atoms with Gasteiger partial charge in [0.2, 0.25) is 0 Å². The Morgan fingerprint density at radius 2 is 2.14 bits per heavy atom. The van der Waals surface area contributed by atoms with Crippen molar-refractivity contribution in [2.75, 3.05) is 0 Å². The smallest absolute Gasteiger partial charge is 0.830 e. The monoisotopic (exact) mass is 204 g/mol. The molecule has 0 aliphatic rings. The van der Waals surface area contributed by atoms with Crippen molar-refractivity contribution in [3.05, 3.63) is 30.1 Å². The van der Waals surface area contributed by atoms with Gasteiger partial charge in [-0.05, 0) is 12.1 Å². The van der Waals surface area contributed by atoms with Crippen molar-refractivity contribution in [3.8, 4) is 6.07 Å². The maximum atomic E-state index is 8.98. The molecule has 0 radical (unpaired) electrons. The first-order chi connectivity index (χ1) is 6.20. The predicted molar refractivity (Wildman–Crippen MR) is 40.6 cm³/mol. The molecule has 0 saturated carbocycles. The van der Waals surface area contributed by atoms with Crippen LogP contribution in [0.2, 0.25) is 0 Å². The Kier molecular flexibility index (Phi) is 12.1. The Bertz CT molecular complexity index is 266. The molecule has 1 aromatic rings. The second kappa shape index (κ2) is 10.6. The summed E-state index contributed by atoms with van der Waals surface area (Å²) in [7, 11) is -2.31. The molecule has 0 unspecified atom stereocenters. The van der Waals surface area contributed by atoms with E-state index in [2.05, 4.69) is 9.79 Å². The van der Waals surface area contributed by atoms with Crippen LogP contribution in [-0.2, 0) is 4.81 Å². The van der Waals surface area contributed by atoms with Crippen LogP contribution in [-0.4, -0.2) is 22.6 Å². The van der Waals surface area contributed by atoms with Crippen molar-refractivity contribution in [3.63, 3.8) is 0 Å². The quantitative estimate of drug-likeness (QED) is 0.272. The van der Waals surface area contributed by atoms with Crippen LogP contribution >= 0.6 is 0 Å². The van der Waals surface area contributed by atoms with Crippen LogP contribution in [0.15, 0.2) is 24.4 Å². The van der Waals surface area contributed by atoms with Crippen LogP contribution in [0.5, 0.6) is 0 Å². The summed E-state index contributed by atoms with van der Waals surface area (Å²) in [5.41, 5.74) is 0.465. The molecule has 0 saturated heterocycles. The molecule has 1 rings (SSSR count). The van der Waals surface area contributed by atoms with Gasteiger partial charge in [0, 0.05) is 6.20 Å². The summed E-state index contributed by atoms with van der Waals surface area (Å²) in [5.74, 6) is 0. The first-order valence-electron chi connectivity index (χ1n) is 3.16. The molecule has 68 valence electrons. The Labute approximate surface area is 103 Å². The molecule has 6 nitrogen and oxygen atoms in total. The average Bonchev–Trinajstić information content (AvgIpc) is 2.20. The number of nitrogens with zero attached hydrogens (tertiary/aromatic N) is 2. The van der Waals surface area contributed by atoms with Gasteiger partial charge in [-0.15, -0.1) is 0 Å². The van der Waals surface area contributed by atoms with E-state index in [0.29, 0.717) is 5.69 Å². The number of hydrogen-bond donors (Lipinski definition) is 2. The fourth-order valence-electron chi connectivity index (χ4n) is 0.429. The standard InChI is InChI=1S/C6H4N2.BH2O4.Na/c7-5-6-3-1-2-4-8-6;2-1(3)5-4;/h1-4H;2,4H;/q;-1;+1. The number of nitriles is 1. The van der Waals surface area contributed by atoms with E-state index >= 15 is 0 Å². The third-order valence-corrected chi connectivity index (χ3v) is 0.870. The molecule has 8 heteroatoms. The van der Waals surface area contributed by atoms with Crippen molar-refractivity contribution < 1.29 is 49.7 Å². The van der Waals surface area contributed by atoms with Crippen LogP contribution < -0.4 is 34.6 Å².